The molecule has 112 valence electrons. The van der Waals surface area contributed by atoms with Gasteiger partial charge in [0.05, 0.1) is 5.92 Å². The van der Waals surface area contributed by atoms with Gasteiger partial charge in [0.25, 0.3) is 0 Å². The van der Waals surface area contributed by atoms with Crippen molar-refractivity contribution in [1.82, 2.24) is 4.98 Å². The normalized spacial score (nSPS) is 13.7. The van der Waals surface area contributed by atoms with E-state index in [1.54, 1.807) is 13.1 Å². The van der Waals surface area contributed by atoms with Crippen LogP contribution in [0.5, 0.6) is 0 Å². The lowest BCUT2D eigenvalue weighted by Gasteiger charge is -2.13. The third-order valence-corrected chi connectivity index (χ3v) is 4.59. The molecule has 2 unspecified atom stereocenters. The Morgan fingerprint density at radius 2 is 2.14 bits per heavy atom. The highest BCUT2D eigenvalue weighted by molar-refractivity contribution is 7.15. The molecule has 1 heterocycles. The van der Waals surface area contributed by atoms with Crippen molar-refractivity contribution in [3.8, 4) is 0 Å². The highest BCUT2D eigenvalue weighted by Gasteiger charge is 2.18. The molecule has 2 atom stereocenters. The lowest BCUT2D eigenvalue weighted by atomic mass is 10.0. The summed E-state index contributed by atoms with van der Waals surface area (Å²) in [5.74, 6) is -0.357. The van der Waals surface area contributed by atoms with Crippen LogP contribution in [-0.2, 0) is 11.2 Å². The molecule has 1 aromatic carbocycles. The molecule has 3 N–H and O–H groups in total. The quantitative estimate of drug-likeness (QED) is 0.887. The number of nitrogens with one attached hydrogen (secondary N) is 1. The first kappa shape index (κ1) is 15.9. The Bertz CT molecular complexity index is 627. The summed E-state index contributed by atoms with van der Waals surface area (Å²) < 4.78 is 0. The first-order valence-electron chi connectivity index (χ1n) is 6.72. The summed E-state index contributed by atoms with van der Waals surface area (Å²) in [6, 6.07) is 7.52. The molecule has 0 bridgehead atoms. The topological polar surface area (TPSA) is 68.0 Å². The van der Waals surface area contributed by atoms with Crippen LogP contribution in [0.15, 0.2) is 30.5 Å². The van der Waals surface area contributed by atoms with Crippen molar-refractivity contribution in [3.05, 3.63) is 45.9 Å². The van der Waals surface area contributed by atoms with Crippen LogP contribution in [0.25, 0.3) is 0 Å². The molecule has 2 aromatic rings. The number of carbonyl (C=O) groups is 1. The predicted octanol–water partition coefficient (Wildman–Crippen LogP) is 3.31. The average Bonchev–Trinajstić information content (AvgIpc) is 2.87. The monoisotopic (exact) mass is 323 g/mol. The van der Waals surface area contributed by atoms with Crippen molar-refractivity contribution < 1.29 is 4.79 Å². The minimum absolute atomic E-state index is 0.108. The van der Waals surface area contributed by atoms with Crippen LogP contribution in [0, 0.1) is 5.92 Å². The largest absolute Gasteiger partial charge is 0.327 e. The van der Waals surface area contributed by atoms with Gasteiger partial charge in [-0.15, -0.1) is 11.3 Å². The Hall–Kier alpha value is -1.43. The zero-order valence-corrected chi connectivity index (χ0v) is 13.5. The average molecular weight is 324 g/mol. The maximum atomic E-state index is 11.9. The fourth-order valence-corrected chi connectivity index (χ4v) is 2.78. The van der Waals surface area contributed by atoms with Gasteiger partial charge in [0, 0.05) is 28.6 Å². The van der Waals surface area contributed by atoms with Gasteiger partial charge in [-0.2, -0.15) is 0 Å². The van der Waals surface area contributed by atoms with Crippen LogP contribution >= 0.6 is 22.9 Å². The summed E-state index contributed by atoms with van der Waals surface area (Å²) >= 11 is 7.59. The highest BCUT2D eigenvalue weighted by atomic mass is 35.5. The van der Waals surface area contributed by atoms with E-state index >= 15 is 0 Å². The van der Waals surface area contributed by atoms with E-state index in [4.69, 9.17) is 17.3 Å². The molecule has 0 saturated heterocycles. The first-order chi connectivity index (χ1) is 9.97. The van der Waals surface area contributed by atoms with Gasteiger partial charge in [-0.05, 0) is 18.6 Å². The molecule has 0 aliphatic carbocycles. The van der Waals surface area contributed by atoms with Gasteiger partial charge in [0.15, 0.2) is 5.13 Å². The SMILES string of the molecule is CC(N)C(C)C(=O)Nc1ncc(Cc2ccccc2Cl)s1. The Morgan fingerprint density at radius 1 is 1.43 bits per heavy atom. The van der Waals surface area contributed by atoms with E-state index in [0.29, 0.717) is 11.6 Å². The van der Waals surface area contributed by atoms with E-state index in [-0.39, 0.29) is 17.9 Å². The molecule has 4 nitrogen and oxygen atoms in total. The summed E-state index contributed by atoms with van der Waals surface area (Å²) in [5.41, 5.74) is 6.77. The van der Waals surface area contributed by atoms with Crippen LogP contribution in [0.1, 0.15) is 24.3 Å². The van der Waals surface area contributed by atoms with Crippen LogP contribution in [-0.4, -0.2) is 16.9 Å². The number of thiazole rings is 1. The van der Waals surface area contributed by atoms with Gasteiger partial charge in [-0.1, -0.05) is 36.7 Å². The van der Waals surface area contributed by atoms with E-state index in [2.05, 4.69) is 10.3 Å². The van der Waals surface area contributed by atoms with Crippen LogP contribution in [0.3, 0.4) is 0 Å². The molecule has 6 heteroatoms. The molecule has 0 spiro atoms. The van der Waals surface area contributed by atoms with Crippen molar-refractivity contribution >= 4 is 34.0 Å². The molecule has 1 amide bonds. The molecular weight excluding hydrogens is 306 g/mol. The predicted molar refractivity (Wildman–Crippen MR) is 87.8 cm³/mol. The fraction of sp³-hybridized carbons (Fsp3) is 0.333. The van der Waals surface area contributed by atoms with Gasteiger partial charge in [0.2, 0.25) is 5.91 Å². The second-order valence-electron chi connectivity index (χ2n) is 5.04. The molecular formula is C15H18ClN3OS. The summed E-state index contributed by atoms with van der Waals surface area (Å²) in [4.78, 5) is 17.2. The zero-order chi connectivity index (χ0) is 15.4. The second-order valence-corrected chi connectivity index (χ2v) is 6.56. The lowest BCUT2D eigenvalue weighted by molar-refractivity contribution is -0.119. The molecule has 0 aliphatic heterocycles. The van der Waals surface area contributed by atoms with E-state index < -0.39 is 0 Å². The second kappa shape index (κ2) is 7.02. The van der Waals surface area contributed by atoms with Crippen LogP contribution in [0.2, 0.25) is 5.02 Å². The first-order valence-corrected chi connectivity index (χ1v) is 7.91. The van der Waals surface area contributed by atoms with Gasteiger partial charge >= 0.3 is 0 Å². The van der Waals surface area contributed by atoms with Gasteiger partial charge in [0.1, 0.15) is 0 Å². The molecule has 0 aliphatic rings. The number of benzene rings is 1. The smallest absolute Gasteiger partial charge is 0.230 e. The number of rotatable bonds is 5. The van der Waals surface area contributed by atoms with E-state index in [0.717, 1.165) is 15.5 Å². The maximum absolute atomic E-state index is 11.9. The molecule has 1 aromatic heterocycles. The van der Waals surface area contributed by atoms with Gasteiger partial charge in [-0.25, -0.2) is 4.98 Å². The number of hydrogen-bond acceptors (Lipinski definition) is 4. The molecule has 0 fully saturated rings. The Kier molecular flexibility index (Phi) is 5.33. The van der Waals surface area contributed by atoms with E-state index in [1.165, 1.54) is 11.3 Å². The number of anilines is 1. The number of nitrogens with zero attached hydrogens (tertiary/aromatic N) is 1. The van der Waals surface area contributed by atoms with Crippen molar-refractivity contribution in [2.75, 3.05) is 5.32 Å². The number of halogens is 1. The number of aromatic nitrogens is 1. The minimum Gasteiger partial charge on any atom is -0.327 e. The summed E-state index contributed by atoms with van der Waals surface area (Å²) in [5, 5.41) is 4.13. The van der Waals surface area contributed by atoms with Crippen molar-refractivity contribution in [1.29, 1.82) is 0 Å². The Balaban J connectivity index is 2.02. The number of carbonyl (C=O) groups excluding carboxylic acids is 1. The van der Waals surface area contributed by atoms with E-state index in [9.17, 15) is 4.79 Å². The molecule has 21 heavy (non-hydrogen) atoms. The number of nitrogens with two attached hydrogens (primary N) is 1. The summed E-state index contributed by atoms with van der Waals surface area (Å²) in [6.45, 7) is 3.62. The summed E-state index contributed by atoms with van der Waals surface area (Å²) in [7, 11) is 0. The van der Waals surface area contributed by atoms with Gasteiger partial charge < -0.3 is 11.1 Å². The molecule has 0 saturated carbocycles. The zero-order valence-electron chi connectivity index (χ0n) is 12.0. The number of hydrogen-bond donors (Lipinski definition) is 2. The Morgan fingerprint density at radius 3 is 2.81 bits per heavy atom. The highest BCUT2D eigenvalue weighted by Crippen LogP contribution is 2.25. The van der Waals surface area contributed by atoms with Crippen molar-refractivity contribution in [2.45, 2.75) is 26.3 Å². The molecule has 2 rings (SSSR count). The summed E-state index contributed by atoms with van der Waals surface area (Å²) in [6.07, 6.45) is 2.47. The standard InChI is InChI=1S/C15H18ClN3OS/c1-9(10(2)17)14(20)19-15-18-8-12(21-15)7-11-5-3-4-6-13(11)16/h3-6,8-10H,7,17H2,1-2H3,(H,18,19,20). The van der Waals surface area contributed by atoms with Gasteiger partial charge in [-0.3, -0.25) is 4.79 Å². The fourth-order valence-electron chi connectivity index (χ4n) is 1.73. The number of amides is 1. The lowest BCUT2D eigenvalue weighted by Crippen LogP contribution is -2.34. The third-order valence-electron chi connectivity index (χ3n) is 3.31. The van der Waals surface area contributed by atoms with Crippen molar-refractivity contribution in [3.63, 3.8) is 0 Å². The van der Waals surface area contributed by atoms with E-state index in [1.807, 2.05) is 31.2 Å². The minimum atomic E-state index is -0.249. The Labute approximate surface area is 133 Å². The maximum Gasteiger partial charge on any atom is 0.230 e. The van der Waals surface area contributed by atoms with Crippen LogP contribution in [0.4, 0.5) is 5.13 Å². The molecule has 0 radical (unpaired) electrons. The van der Waals surface area contributed by atoms with Crippen molar-refractivity contribution in [2.24, 2.45) is 11.7 Å². The third kappa shape index (κ3) is 4.27. The van der Waals surface area contributed by atoms with Crippen LogP contribution < -0.4 is 11.1 Å².